The van der Waals surface area contributed by atoms with E-state index in [9.17, 15) is 4.79 Å². The number of nitrogens with zero attached hydrogens (tertiary/aromatic N) is 1. The monoisotopic (exact) mass is 358 g/mol. The van der Waals surface area contributed by atoms with Crippen LogP contribution in [-0.2, 0) is 4.79 Å². The van der Waals surface area contributed by atoms with Crippen molar-refractivity contribution in [1.29, 1.82) is 0 Å². The molecule has 0 atom stereocenters. The molecule has 138 valence electrons. The highest BCUT2D eigenvalue weighted by molar-refractivity contribution is 6.79. The molecule has 0 aliphatic rings. The van der Waals surface area contributed by atoms with E-state index in [4.69, 9.17) is 0 Å². The van der Waals surface area contributed by atoms with E-state index in [1.807, 2.05) is 0 Å². The minimum atomic E-state index is -1.75. The van der Waals surface area contributed by atoms with Crippen LogP contribution in [0.15, 0.2) is 0 Å². The second kappa shape index (κ2) is 7.83. The maximum atomic E-state index is 12.1. The summed E-state index contributed by atoms with van der Waals surface area (Å²) in [6, 6.07) is 0. The van der Waals surface area contributed by atoms with Crippen molar-refractivity contribution in [2.45, 2.75) is 97.6 Å². The third-order valence-electron chi connectivity index (χ3n) is 6.14. The molecule has 0 fully saturated rings. The first-order chi connectivity index (χ1) is 10.0. The standard InChI is InChI=1S/C18H42N2OSi2/c1-16(21)20(23(10,11)18(5,6)7)15-13-12-14-19-22(8,9)17(2,3)4/h19H,12-15H2,1-11H3. The Hall–Kier alpha value is -0.136. The third-order valence-corrected chi connectivity index (χ3v) is 16.6. The Bertz CT molecular complexity index is 393. The van der Waals surface area contributed by atoms with Gasteiger partial charge in [-0.25, -0.2) is 0 Å². The van der Waals surface area contributed by atoms with Crippen molar-refractivity contribution in [2.75, 3.05) is 13.1 Å². The van der Waals surface area contributed by atoms with Gasteiger partial charge in [-0.1, -0.05) is 67.7 Å². The molecule has 5 heteroatoms. The highest BCUT2D eigenvalue weighted by atomic mass is 28.3. The predicted molar refractivity (Wildman–Crippen MR) is 109 cm³/mol. The van der Waals surface area contributed by atoms with Crippen molar-refractivity contribution < 1.29 is 4.79 Å². The summed E-state index contributed by atoms with van der Waals surface area (Å²) in [6.45, 7) is 27.0. The van der Waals surface area contributed by atoms with Crippen LogP contribution in [0.1, 0.15) is 61.3 Å². The molecule has 1 N–H and O–H groups in total. The molecule has 23 heavy (non-hydrogen) atoms. The first kappa shape index (κ1) is 22.9. The first-order valence-corrected chi connectivity index (χ1v) is 15.0. The van der Waals surface area contributed by atoms with Gasteiger partial charge in [-0.2, -0.15) is 0 Å². The first-order valence-electron chi connectivity index (χ1n) is 9.07. The van der Waals surface area contributed by atoms with Gasteiger partial charge < -0.3 is 9.55 Å². The predicted octanol–water partition coefficient (Wildman–Crippen LogP) is 5.22. The number of rotatable bonds is 7. The summed E-state index contributed by atoms with van der Waals surface area (Å²) >= 11 is 0. The average molecular weight is 359 g/mol. The van der Waals surface area contributed by atoms with Crippen LogP contribution in [0.25, 0.3) is 0 Å². The van der Waals surface area contributed by atoms with Crippen molar-refractivity contribution in [3.63, 3.8) is 0 Å². The molecule has 0 spiro atoms. The number of nitrogens with one attached hydrogen (secondary N) is 1. The van der Waals surface area contributed by atoms with Crippen LogP contribution in [0.5, 0.6) is 0 Å². The fourth-order valence-electron chi connectivity index (χ4n) is 2.30. The minimum absolute atomic E-state index is 0.206. The molecule has 0 heterocycles. The molecule has 0 radical (unpaired) electrons. The molecule has 0 aliphatic heterocycles. The lowest BCUT2D eigenvalue weighted by molar-refractivity contribution is -0.125. The highest BCUT2D eigenvalue weighted by Gasteiger charge is 2.42. The normalized spacial score (nSPS) is 14.0. The molecular formula is C18H42N2OSi2. The Morgan fingerprint density at radius 3 is 1.74 bits per heavy atom. The van der Waals surface area contributed by atoms with E-state index in [2.05, 4.69) is 77.3 Å². The zero-order valence-corrected chi connectivity index (χ0v) is 19.7. The maximum absolute atomic E-state index is 12.1. The highest BCUT2D eigenvalue weighted by Crippen LogP contribution is 2.38. The van der Waals surface area contributed by atoms with Gasteiger partial charge in [-0.05, 0) is 29.5 Å². The van der Waals surface area contributed by atoms with Gasteiger partial charge in [-0.15, -0.1) is 0 Å². The lowest BCUT2D eigenvalue weighted by Gasteiger charge is -2.45. The summed E-state index contributed by atoms with van der Waals surface area (Å²) in [6.07, 6.45) is 2.23. The van der Waals surface area contributed by atoms with Crippen LogP contribution in [0, 0.1) is 0 Å². The minimum Gasteiger partial charge on any atom is -0.369 e. The van der Waals surface area contributed by atoms with Crippen LogP contribution in [-0.4, -0.2) is 40.0 Å². The SMILES string of the molecule is CC(=O)N(CCCCN[Si](C)(C)C(C)(C)C)[Si](C)(C)C(C)(C)C. The average Bonchev–Trinajstić information content (AvgIpc) is 2.29. The summed E-state index contributed by atoms with van der Waals surface area (Å²) in [7, 11) is -3.14. The molecule has 0 bridgehead atoms. The molecule has 0 aromatic carbocycles. The van der Waals surface area contributed by atoms with Crippen molar-refractivity contribution >= 4 is 22.4 Å². The van der Waals surface area contributed by atoms with Gasteiger partial charge in [0.2, 0.25) is 5.91 Å². The molecule has 0 aromatic rings. The number of hydrogen-bond acceptors (Lipinski definition) is 2. The van der Waals surface area contributed by atoms with Gasteiger partial charge in [0.25, 0.3) is 0 Å². The fraction of sp³-hybridized carbons (Fsp3) is 0.944. The van der Waals surface area contributed by atoms with Crippen molar-refractivity contribution in [1.82, 2.24) is 9.55 Å². The summed E-state index contributed by atoms with van der Waals surface area (Å²) < 4.78 is 2.19. The Balaban J connectivity index is 4.52. The summed E-state index contributed by atoms with van der Waals surface area (Å²) in [5.74, 6) is 0.244. The second-order valence-electron chi connectivity index (χ2n) is 9.99. The molecule has 0 saturated heterocycles. The van der Waals surface area contributed by atoms with E-state index in [0.29, 0.717) is 5.04 Å². The molecule has 0 aromatic heterocycles. The Kier molecular flexibility index (Phi) is 7.78. The number of amides is 1. The number of carbonyl (C=O) groups is 1. The van der Waals surface area contributed by atoms with Crippen LogP contribution >= 0.6 is 0 Å². The number of unbranched alkanes of at least 4 members (excludes halogenated alkanes) is 1. The fourth-order valence-corrected chi connectivity index (χ4v) is 5.94. The van der Waals surface area contributed by atoms with E-state index >= 15 is 0 Å². The van der Waals surface area contributed by atoms with E-state index in [0.717, 1.165) is 25.9 Å². The van der Waals surface area contributed by atoms with Crippen molar-refractivity contribution in [2.24, 2.45) is 0 Å². The zero-order chi connectivity index (χ0) is 18.7. The Morgan fingerprint density at radius 1 is 0.913 bits per heavy atom. The topological polar surface area (TPSA) is 32.3 Å². The molecule has 0 unspecified atom stereocenters. The van der Waals surface area contributed by atoms with Gasteiger partial charge in [0.05, 0.1) is 0 Å². The molecule has 0 rings (SSSR count). The van der Waals surface area contributed by atoms with Gasteiger partial charge in [0.1, 0.15) is 8.24 Å². The van der Waals surface area contributed by atoms with Crippen molar-refractivity contribution in [3.05, 3.63) is 0 Å². The van der Waals surface area contributed by atoms with Crippen LogP contribution in [0.3, 0.4) is 0 Å². The smallest absolute Gasteiger partial charge is 0.211 e. The molecule has 1 amide bonds. The van der Waals surface area contributed by atoms with Gasteiger partial charge >= 0.3 is 0 Å². The second-order valence-corrected chi connectivity index (χ2v) is 20.2. The Morgan fingerprint density at radius 2 is 1.39 bits per heavy atom. The van der Waals surface area contributed by atoms with Gasteiger partial charge in [0, 0.05) is 13.5 Å². The Labute approximate surface area is 147 Å². The van der Waals surface area contributed by atoms with Crippen LogP contribution < -0.4 is 4.98 Å². The summed E-state index contributed by atoms with van der Waals surface area (Å²) in [4.78, 5) is 16.0. The molecular weight excluding hydrogens is 316 g/mol. The molecule has 0 aliphatic carbocycles. The van der Waals surface area contributed by atoms with Crippen LogP contribution in [0.2, 0.25) is 36.3 Å². The maximum Gasteiger partial charge on any atom is 0.211 e. The van der Waals surface area contributed by atoms with Gasteiger partial charge in [-0.3, -0.25) is 4.79 Å². The van der Waals surface area contributed by atoms with Gasteiger partial charge in [0.15, 0.2) is 8.24 Å². The summed E-state index contributed by atoms with van der Waals surface area (Å²) in [5.41, 5.74) is 0. The largest absolute Gasteiger partial charge is 0.369 e. The number of hydrogen-bond donors (Lipinski definition) is 1. The van der Waals surface area contributed by atoms with E-state index in [-0.39, 0.29) is 10.9 Å². The zero-order valence-electron chi connectivity index (χ0n) is 17.7. The quantitative estimate of drug-likeness (QED) is 0.500. The third kappa shape index (κ3) is 6.35. The van der Waals surface area contributed by atoms with Crippen molar-refractivity contribution in [3.8, 4) is 0 Å². The number of carbonyl (C=O) groups excluding carboxylic acids is 1. The summed E-state index contributed by atoms with van der Waals surface area (Å²) in [5, 5.41) is 0.581. The lowest BCUT2D eigenvalue weighted by atomic mass is 10.2. The lowest BCUT2D eigenvalue weighted by Crippen LogP contribution is -2.57. The van der Waals surface area contributed by atoms with E-state index in [1.54, 1.807) is 6.92 Å². The van der Waals surface area contributed by atoms with E-state index in [1.165, 1.54) is 0 Å². The van der Waals surface area contributed by atoms with Crippen LogP contribution in [0.4, 0.5) is 0 Å². The molecule has 3 nitrogen and oxygen atoms in total. The van der Waals surface area contributed by atoms with E-state index < -0.39 is 16.5 Å². The molecule has 0 saturated carbocycles.